The normalized spacial score (nSPS) is 18.9. The van der Waals surface area contributed by atoms with Gasteiger partial charge in [0.25, 0.3) is 5.91 Å². The van der Waals surface area contributed by atoms with Crippen molar-refractivity contribution in [1.82, 2.24) is 9.29 Å². The number of hydrogen-bond donors (Lipinski definition) is 0. The van der Waals surface area contributed by atoms with Gasteiger partial charge in [-0.2, -0.15) is 4.31 Å². The van der Waals surface area contributed by atoms with Gasteiger partial charge in [-0.1, -0.05) is 22.9 Å². The molecule has 1 aromatic heterocycles. The summed E-state index contributed by atoms with van der Waals surface area (Å²) in [4.78, 5) is 20.2. The lowest BCUT2D eigenvalue weighted by Gasteiger charge is -2.23. The summed E-state index contributed by atoms with van der Waals surface area (Å²) in [5, 5.41) is 1.02. The van der Waals surface area contributed by atoms with Crippen molar-refractivity contribution in [3.05, 3.63) is 47.0 Å². The second kappa shape index (κ2) is 10.0. The molecule has 2 aromatic carbocycles. The van der Waals surface area contributed by atoms with Crippen molar-refractivity contribution in [3.8, 4) is 5.75 Å². The van der Waals surface area contributed by atoms with Gasteiger partial charge < -0.3 is 9.47 Å². The molecular weight excluding hydrogens is 510 g/mol. The number of carbonyl (C=O) groups is 1. The van der Waals surface area contributed by atoms with E-state index in [4.69, 9.17) is 26.1 Å². The van der Waals surface area contributed by atoms with E-state index >= 15 is 0 Å². The van der Waals surface area contributed by atoms with Crippen LogP contribution in [0.5, 0.6) is 5.75 Å². The van der Waals surface area contributed by atoms with E-state index in [1.54, 1.807) is 36.3 Å². The monoisotopic (exact) mass is 535 g/mol. The molecule has 5 rings (SSSR count). The maximum absolute atomic E-state index is 13.7. The Morgan fingerprint density at radius 3 is 2.60 bits per heavy atom. The summed E-state index contributed by atoms with van der Waals surface area (Å²) in [6.07, 6.45) is 3.43. The van der Waals surface area contributed by atoms with E-state index in [2.05, 4.69) is 0 Å². The molecule has 186 valence electrons. The second-order valence-electron chi connectivity index (χ2n) is 8.61. The Morgan fingerprint density at radius 2 is 1.94 bits per heavy atom. The Hall–Kier alpha value is -2.24. The van der Waals surface area contributed by atoms with Gasteiger partial charge in [0.15, 0.2) is 5.13 Å². The summed E-state index contributed by atoms with van der Waals surface area (Å²) in [5.41, 5.74) is 0.970. The molecule has 1 atom stereocenters. The van der Waals surface area contributed by atoms with Crippen molar-refractivity contribution in [2.45, 2.75) is 36.7 Å². The minimum atomic E-state index is -3.55. The molecule has 1 unspecified atom stereocenters. The van der Waals surface area contributed by atoms with Crippen LogP contribution in [0.15, 0.2) is 41.3 Å². The smallest absolute Gasteiger partial charge is 0.260 e. The SMILES string of the molecule is COc1ccc(Cl)c2sc(N(CC3CCCO3)C(=O)c3ccc(S(=O)(=O)N4CCCC4)cc3)nc12. The molecule has 0 aliphatic carbocycles. The fourth-order valence-corrected chi connectivity index (χ4v) is 7.24. The van der Waals surface area contributed by atoms with E-state index in [0.29, 0.717) is 53.2 Å². The Kier molecular flexibility index (Phi) is 7.00. The fraction of sp³-hybridized carbons (Fsp3) is 0.417. The number of sulfonamides is 1. The van der Waals surface area contributed by atoms with Gasteiger partial charge in [-0.25, -0.2) is 13.4 Å². The number of amides is 1. The minimum Gasteiger partial charge on any atom is -0.494 e. The molecular formula is C24H26ClN3O5S2. The highest BCUT2D eigenvalue weighted by molar-refractivity contribution is 7.89. The van der Waals surface area contributed by atoms with Crippen LogP contribution >= 0.6 is 22.9 Å². The first kappa shape index (κ1) is 24.5. The number of rotatable bonds is 7. The van der Waals surface area contributed by atoms with Gasteiger partial charge in [-0.3, -0.25) is 9.69 Å². The third-order valence-electron chi connectivity index (χ3n) is 6.36. The third kappa shape index (κ3) is 4.77. The molecule has 2 saturated heterocycles. The zero-order chi connectivity index (χ0) is 24.6. The Bertz CT molecular complexity index is 1330. The molecule has 0 radical (unpaired) electrons. The van der Waals surface area contributed by atoms with Crippen molar-refractivity contribution in [1.29, 1.82) is 0 Å². The number of hydrogen-bond acceptors (Lipinski definition) is 7. The van der Waals surface area contributed by atoms with Crippen molar-refractivity contribution < 1.29 is 22.7 Å². The first-order valence-electron chi connectivity index (χ1n) is 11.5. The summed E-state index contributed by atoms with van der Waals surface area (Å²) in [5.74, 6) is 0.299. The largest absolute Gasteiger partial charge is 0.494 e. The van der Waals surface area contributed by atoms with Crippen LogP contribution in [0.4, 0.5) is 5.13 Å². The lowest BCUT2D eigenvalue weighted by atomic mass is 10.2. The molecule has 2 fully saturated rings. The van der Waals surface area contributed by atoms with Crippen LogP contribution in [0.1, 0.15) is 36.0 Å². The average molecular weight is 536 g/mol. The van der Waals surface area contributed by atoms with E-state index in [1.807, 2.05) is 0 Å². The summed E-state index contributed by atoms with van der Waals surface area (Å²) in [6.45, 7) is 2.06. The second-order valence-corrected chi connectivity index (χ2v) is 11.9. The molecule has 0 spiro atoms. The summed E-state index contributed by atoms with van der Waals surface area (Å²) in [6, 6.07) is 9.63. The van der Waals surface area contributed by atoms with E-state index in [1.165, 1.54) is 27.8 Å². The van der Waals surface area contributed by atoms with Crippen molar-refractivity contribution in [2.75, 3.05) is 38.3 Å². The van der Waals surface area contributed by atoms with Gasteiger partial charge in [0.1, 0.15) is 11.3 Å². The number of thiazole rings is 1. The number of carbonyl (C=O) groups excluding carboxylic acids is 1. The predicted octanol–water partition coefficient (Wildman–Crippen LogP) is 4.57. The fourth-order valence-electron chi connectivity index (χ4n) is 4.46. The van der Waals surface area contributed by atoms with Crippen molar-refractivity contribution in [3.63, 3.8) is 0 Å². The zero-order valence-corrected chi connectivity index (χ0v) is 21.7. The van der Waals surface area contributed by atoms with Gasteiger partial charge in [0.05, 0.1) is 34.4 Å². The van der Waals surface area contributed by atoms with E-state index in [9.17, 15) is 13.2 Å². The minimum absolute atomic E-state index is 0.0989. The number of aromatic nitrogens is 1. The molecule has 3 aromatic rings. The first-order chi connectivity index (χ1) is 16.9. The van der Waals surface area contributed by atoms with Crippen molar-refractivity contribution >= 4 is 54.2 Å². The van der Waals surface area contributed by atoms with Crippen LogP contribution in [0, 0.1) is 0 Å². The molecule has 11 heteroatoms. The summed E-state index contributed by atoms with van der Waals surface area (Å²) < 4.78 is 39.2. The van der Waals surface area contributed by atoms with Gasteiger partial charge in [-0.15, -0.1) is 0 Å². The number of ether oxygens (including phenoxy) is 2. The molecule has 35 heavy (non-hydrogen) atoms. The van der Waals surface area contributed by atoms with Crippen LogP contribution in [0.25, 0.3) is 10.2 Å². The summed E-state index contributed by atoms with van der Waals surface area (Å²) in [7, 11) is -1.99. The topological polar surface area (TPSA) is 89.0 Å². The van der Waals surface area contributed by atoms with Crippen LogP contribution in [0.2, 0.25) is 5.02 Å². The Morgan fingerprint density at radius 1 is 1.20 bits per heavy atom. The Balaban J connectivity index is 1.48. The summed E-state index contributed by atoms with van der Waals surface area (Å²) >= 11 is 7.73. The number of anilines is 1. The Labute approximate surface area is 213 Å². The van der Waals surface area contributed by atoms with Gasteiger partial charge in [0.2, 0.25) is 10.0 Å². The number of nitrogens with zero attached hydrogens (tertiary/aromatic N) is 3. The van der Waals surface area contributed by atoms with Crippen LogP contribution < -0.4 is 9.64 Å². The molecule has 0 saturated carbocycles. The number of benzene rings is 2. The highest BCUT2D eigenvalue weighted by atomic mass is 35.5. The predicted molar refractivity (Wildman–Crippen MR) is 136 cm³/mol. The highest BCUT2D eigenvalue weighted by Crippen LogP contribution is 2.39. The standard InChI is InChI=1S/C24H26ClN3O5S2/c1-32-20-11-10-19(25)22-21(20)26-24(34-22)28(15-17-5-4-14-33-17)23(29)16-6-8-18(9-7-16)35(30,31)27-12-2-3-13-27/h6-11,17H,2-5,12-15H2,1H3. The number of halogens is 1. The van der Waals surface area contributed by atoms with Crippen molar-refractivity contribution in [2.24, 2.45) is 0 Å². The quantitative estimate of drug-likeness (QED) is 0.440. The average Bonchev–Trinajstić information content (AvgIpc) is 3.64. The van der Waals surface area contributed by atoms with E-state index < -0.39 is 10.0 Å². The van der Waals surface area contributed by atoms with Crippen LogP contribution in [0.3, 0.4) is 0 Å². The number of methoxy groups -OCH3 is 1. The molecule has 2 aliphatic rings. The number of fused-ring (bicyclic) bond motifs is 1. The van der Waals surface area contributed by atoms with E-state index in [0.717, 1.165) is 30.4 Å². The third-order valence-corrected chi connectivity index (χ3v) is 9.81. The molecule has 1 amide bonds. The lowest BCUT2D eigenvalue weighted by Crippen LogP contribution is -2.37. The van der Waals surface area contributed by atoms with Gasteiger partial charge in [0, 0.05) is 25.3 Å². The van der Waals surface area contributed by atoms with Crippen LogP contribution in [-0.4, -0.2) is 63.1 Å². The van der Waals surface area contributed by atoms with Crippen LogP contribution in [-0.2, 0) is 14.8 Å². The molecule has 8 nitrogen and oxygen atoms in total. The maximum Gasteiger partial charge on any atom is 0.260 e. The molecule has 0 bridgehead atoms. The molecule has 3 heterocycles. The van der Waals surface area contributed by atoms with E-state index in [-0.39, 0.29) is 16.9 Å². The van der Waals surface area contributed by atoms with Gasteiger partial charge in [-0.05, 0) is 62.1 Å². The maximum atomic E-state index is 13.7. The lowest BCUT2D eigenvalue weighted by molar-refractivity contribution is 0.0917. The zero-order valence-electron chi connectivity index (χ0n) is 19.3. The highest BCUT2D eigenvalue weighted by Gasteiger charge is 2.30. The van der Waals surface area contributed by atoms with Gasteiger partial charge >= 0.3 is 0 Å². The molecule has 2 aliphatic heterocycles. The first-order valence-corrected chi connectivity index (χ1v) is 14.2. The molecule has 0 N–H and O–H groups in total.